The number of carbonyl (C=O) groups excluding carboxylic acids is 1. The molecule has 0 saturated heterocycles. The third kappa shape index (κ3) is 5.11. The van der Waals surface area contributed by atoms with Crippen molar-refractivity contribution in [1.29, 1.82) is 0 Å². The van der Waals surface area contributed by atoms with Gasteiger partial charge < -0.3 is 9.64 Å². The number of benzene rings is 1. The van der Waals surface area contributed by atoms with Crippen LogP contribution in [0.15, 0.2) is 24.3 Å². The zero-order valence-electron chi connectivity index (χ0n) is 11.7. The molecule has 0 aliphatic rings. The van der Waals surface area contributed by atoms with Gasteiger partial charge >= 0.3 is 0 Å². The van der Waals surface area contributed by atoms with E-state index in [0.29, 0.717) is 24.6 Å². The topological polar surface area (TPSA) is 29.5 Å². The van der Waals surface area contributed by atoms with Crippen LogP contribution in [-0.4, -0.2) is 36.4 Å². The number of rotatable bonds is 8. The number of hydrogen-bond acceptors (Lipinski definition) is 2. The van der Waals surface area contributed by atoms with E-state index in [2.05, 4.69) is 6.92 Å². The zero-order chi connectivity index (χ0) is 14.1. The predicted octanol–water partition coefficient (Wildman–Crippen LogP) is 3.57. The van der Waals surface area contributed by atoms with Crippen LogP contribution < -0.4 is 4.74 Å². The number of nitrogens with zero attached hydrogens (tertiary/aromatic N) is 1. The highest BCUT2D eigenvalue weighted by Gasteiger charge is 2.14. The molecule has 0 aliphatic heterocycles. The Morgan fingerprint density at radius 3 is 2.42 bits per heavy atom. The van der Waals surface area contributed by atoms with Crippen molar-refractivity contribution < 1.29 is 9.53 Å². The predicted molar refractivity (Wildman–Crippen MR) is 79.1 cm³/mol. The van der Waals surface area contributed by atoms with E-state index in [1.807, 2.05) is 24.0 Å². The lowest BCUT2D eigenvalue weighted by Gasteiger charge is -2.21. The quantitative estimate of drug-likeness (QED) is 0.683. The summed E-state index contributed by atoms with van der Waals surface area (Å²) in [6.45, 7) is 6.03. The van der Waals surface area contributed by atoms with Crippen molar-refractivity contribution in [3.05, 3.63) is 29.8 Å². The van der Waals surface area contributed by atoms with Crippen molar-refractivity contribution in [2.75, 3.05) is 25.6 Å². The first-order valence-corrected chi connectivity index (χ1v) is 7.34. The Labute approximate surface area is 120 Å². The molecule has 106 valence electrons. The van der Waals surface area contributed by atoms with Gasteiger partial charge in [0.1, 0.15) is 5.75 Å². The van der Waals surface area contributed by atoms with Crippen molar-refractivity contribution in [1.82, 2.24) is 4.90 Å². The lowest BCUT2D eigenvalue weighted by molar-refractivity contribution is 0.0763. The minimum atomic E-state index is 0.0390. The second-order valence-corrected chi connectivity index (χ2v) is 4.67. The molecule has 0 unspecified atom stereocenters. The molecule has 1 rings (SSSR count). The van der Waals surface area contributed by atoms with Crippen LogP contribution in [0.25, 0.3) is 0 Å². The maximum absolute atomic E-state index is 12.3. The molecule has 0 bridgehead atoms. The average Bonchev–Trinajstić information content (AvgIpc) is 2.44. The fourth-order valence-corrected chi connectivity index (χ4v) is 2.01. The lowest BCUT2D eigenvalue weighted by atomic mass is 10.2. The molecule has 0 spiro atoms. The second-order valence-electron chi connectivity index (χ2n) is 4.29. The van der Waals surface area contributed by atoms with E-state index in [1.54, 1.807) is 12.1 Å². The molecule has 0 heterocycles. The van der Waals surface area contributed by atoms with E-state index >= 15 is 0 Å². The van der Waals surface area contributed by atoms with Gasteiger partial charge in [0.2, 0.25) is 0 Å². The van der Waals surface area contributed by atoms with Crippen molar-refractivity contribution in [3.8, 4) is 5.75 Å². The Kier molecular flexibility index (Phi) is 7.34. The van der Waals surface area contributed by atoms with Crippen molar-refractivity contribution in [3.63, 3.8) is 0 Å². The zero-order valence-corrected chi connectivity index (χ0v) is 12.4. The molecule has 1 amide bonds. The molecule has 4 heteroatoms. The first kappa shape index (κ1) is 15.8. The van der Waals surface area contributed by atoms with Crippen LogP contribution in [0.3, 0.4) is 0 Å². The molecule has 0 fully saturated rings. The highest BCUT2D eigenvalue weighted by molar-refractivity contribution is 6.18. The summed E-state index contributed by atoms with van der Waals surface area (Å²) in [5, 5.41) is 0. The third-order valence-electron chi connectivity index (χ3n) is 2.84. The summed E-state index contributed by atoms with van der Waals surface area (Å²) in [4.78, 5) is 14.1. The molecule has 0 aliphatic carbocycles. The standard InChI is InChI=1S/C15H22ClNO2/c1-3-5-11-17(12-10-16)15(18)13-6-8-14(9-7-13)19-4-2/h6-9H,3-5,10-12H2,1-2H3. The molecule has 0 atom stereocenters. The summed E-state index contributed by atoms with van der Waals surface area (Å²) < 4.78 is 5.37. The average molecular weight is 284 g/mol. The van der Waals surface area contributed by atoms with Crippen molar-refractivity contribution >= 4 is 17.5 Å². The van der Waals surface area contributed by atoms with E-state index in [4.69, 9.17) is 16.3 Å². The lowest BCUT2D eigenvalue weighted by Crippen LogP contribution is -2.33. The van der Waals surface area contributed by atoms with Gasteiger partial charge in [-0.05, 0) is 37.6 Å². The molecule has 1 aromatic carbocycles. The highest BCUT2D eigenvalue weighted by atomic mass is 35.5. The molecular weight excluding hydrogens is 262 g/mol. The summed E-state index contributed by atoms with van der Waals surface area (Å²) in [5.41, 5.74) is 0.685. The molecule has 0 radical (unpaired) electrons. The summed E-state index contributed by atoms with van der Waals surface area (Å²) in [6, 6.07) is 7.27. The van der Waals surface area contributed by atoms with Gasteiger partial charge in [0.05, 0.1) is 6.61 Å². The fourth-order valence-electron chi connectivity index (χ4n) is 1.81. The summed E-state index contributed by atoms with van der Waals surface area (Å²) in [7, 11) is 0. The van der Waals surface area contributed by atoms with Crippen LogP contribution in [0, 0.1) is 0 Å². The van der Waals surface area contributed by atoms with Crippen molar-refractivity contribution in [2.45, 2.75) is 26.7 Å². The number of halogens is 1. The minimum absolute atomic E-state index is 0.0390. The Bertz CT molecular complexity index is 378. The number of carbonyl (C=O) groups is 1. The molecule has 1 aromatic rings. The highest BCUT2D eigenvalue weighted by Crippen LogP contribution is 2.14. The van der Waals surface area contributed by atoms with Gasteiger partial charge in [-0.2, -0.15) is 0 Å². The number of ether oxygens (including phenoxy) is 1. The van der Waals surface area contributed by atoms with E-state index in [0.717, 1.165) is 25.1 Å². The molecule has 19 heavy (non-hydrogen) atoms. The van der Waals surface area contributed by atoms with Crippen LogP contribution in [0.5, 0.6) is 5.75 Å². The SMILES string of the molecule is CCCCN(CCCl)C(=O)c1ccc(OCC)cc1. The van der Waals surface area contributed by atoms with Gasteiger partial charge in [0, 0.05) is 24.5 Å². The van der Waals surface area contributed by atoms with Gasteiger partial charge in [-0.25, -0.2) is 0 Å². The normalized spacial score (nSPS) is 10.3. The third-order valence-corrected chi connectivity index (χ3v) is 3.00. The van der Waals surface area contributed by atoms with E-state index in [1.165, 1.54) is 0 Å². The number of unbranched alkanes of at least 4 members (excludes halogenated alkanes) is 1. The maximum atomic E-state index is 12.3. The molecule has 0 saturated carbocycles. The Balaban J connectivity index is 2.71. The number of amides is 1. The smallest absolute Gasteiger partial charge is 0.253 e. The Morgan fingerprint density at radius 1 is 1.21 bits per heavy atom. The number of hydrogen-bond donors (Lipinski definition) is 0. The van der Waals surface area contributed by atoms with Gasteiger partial charge in [-0.15, -0.1) is 11.6 Å². The van der Waals surface area contributed by atoms with Gasteiger partial charge in [0.25, 0.3) is 5.91 Å². The Morgan fingerprint density at radius 2 is 1.89 bits per heavy atom. The van der Waals surface area contributed by atoms with E-state index < -0.39 is 0 Å². The van der Waals surface area contributed by atoms with Gasteiger partial charge in [0.15, 0.2) is 0 Å². The fraction of sp³-hybridized carbons (Fsp3) is 0.533. The van der Waals surface area contributed by atoms with Crippen LogP contribution in [-0.2, 0) is 0 Å². The van der Waals surface area contributed by atoms with Crippen LogP contribution in [0.2, 0.25) is 0 Å². The number of alkyl halides is 1. The monoisotopic (exact) mass is 283 g/mol. The second kappa shape index (κ2) is 8.81. The van der Waals surface area contributed by atoms with E-state index in [-0.39, 0.29) is 5.91 Å². The summed E-state index contributed by atoms with van der Waals surface area (Å²) >= 11 is 5.76. The summed E-state index contributed by atoms with van der Waals surface area (Å²) in [6.07, 6.45) is 2.06. The van der Waals surface area contributed by atoms with Crippen LogP contribution in [0.4, 0.5) is 0 Å². The summed E-state index contributed by atoms with van der Waals surface area (Å²) in [5.74, 6) is 1.29. The molecule has 0 aromatic heterocycles. The van der Waals surface area contributed by atoms with Crippen LogP contribution >= 0.6 is 11.6 Å². The maximum Gasteiger partial charge on any atom is 0.253 e. The van der Waals surface area contributed by atoms with Crippen molar-refractivity contribution in [2.24, 2.45) is 0 Å². The largest absolute Gasteiger partial charge is 0.494 e. The Hall–Kier alpha value is -1.22. The molecular formula is C15H22ClNO2. The first-order chi connectivity index (χ1) is 9.22. The van der Waals surface area contributed by atoms with E-state index in [9.17, 15) is 4.79 Å². The van der Waals surface area contributed by atoms with Crippen LogP contribution in [0.1, 0.15) is 37.0 Å². The van der Waals surface area contributed by atoms with Gasteiger partial charge in [-0.3, -0.25) is 4.79 Å². The van der Waals surface area contributed by atoms with Gasteiger partial charge in [-0.1, -0.05) is 13.3 Å². The first-order valence-electron chi connectivity index (χ1n) is 6.81. The minimum Gasteiger partial charge on any atom is -0.494 e. The molecule has 0 N–H and O–H groups in total. The molecule has 3 nitrogen and oxygen atoms in total.